The lowest BCUT2D eigenvalue weighted by atomic mass is 10.0. The third-order valence-electron chi connectivity index (χ3n) is 8.70. The highest BCUT2D eigenvalue weighted by molar-refractivity contribution is 6.82. The van der Waals surface area contributed by atoms with E-state index in [4.69, 9.17) is 19.0 Å². The molecular formula is C28H56O6Si2. The fourth-order valence-corrected chi connectivity index (χ4v) is 12.5. The van der Waals surface area contributed by atoms with Crippen molar-refractivity contribution in [3.8, 4) is 0 Å². The van der Waals surface area contributed by atoms with Crippen molar-refractivity contribution in [3.05, 3.63) is 12.7 Å². The van der Waals surface area contributed by atoms with Crippen LogP contribution in [-0.4, -0.2) is 58.5 Å². The monoisotopic (exact) mass is 544 g/mol. The van der Waals surface area contributed by atoms with E-state index < -0.39 is 34.2 Å². The van der Waals surface area contributed by atoms with Gasteiger partial charge in [0.2, 0.25) is 0 Å². The second-order valence-electron chi connectivity index (χ2n) is 11.8. The van der Waals surface area contributed by atoms with Gasteiger partial charge in [-0.1, -0.05) is 72.2 Å². The minimum absolute atomic E-state index is 0.0139. The smallest absolute Gasteiger partial charge is 0.307 e. The van der Waals surface area contributed by atoms with Crippen LogP contribution in [0.25, 0.3) is 0 Å². The summed E-state index contributed by atoms with van der Waals surface area (Å²) in [5.41, 5.74) is 0. The van der Waals surface area contributed by atoms with Crippen molar-refractivity contribution in [1.29, 1.82) is 0 Å². The van der Waals surface area contributed by atoms with Gasteiger partial charge in [-0.05, 0) is 50.7 Å². The lowest BCUT2D eigenvalue weighted by Crippen LogP contribution is -2.60. The Morgan fingerprint density at radius 3 is 2.14 bits per heavy atom. The quantitative estimate of drug-likeness (QED) is 0.0693. The zero-order valence-electron chi connectivity index (χ0n) is 24.8. The average molecular weight is 545 g/mol. The lowest BCUT2D eigenvalue weighted by Gasteiger charge is -2.52. The molecule has 0 aromatic rings. The fourth-order valence-electron chi connectivity index (χ4n) is 4.78. The summed E-state index contributed by atoms with van der Waals surface area (Å²) in [4.78, 5) is 23.0. The molecule has 0 spiro atoms. The SMILES string of the molecule is C=CCC(CC(=O)OCCOCCCC(C)(CC)[Si](C)(C)OC(C)(CC)[Si](C)(C)CCCC)C(=O)O. The van der Waals surface area contributed by atoms with E-state index in [9.17, 15) is 9.59 Å². The Kier molecular flexibility index (Phi) is 15.7. The number of rotatable bonds is 21. The number of carbonyl (C=O) groups excluding carboxylic acids is 1. The molecule has 3 atom stereocenters. The molecule has 0 fully saturated rings. The molecule has 0 aromatic carbocycles. The van der Waals surface area contributed by atoms with Gasteiger partial charge in [0.25, 0.3) is 0 Å². The highest BCUT2D eigenvalue weighted by atomic mass is 28.4. The van der Waals surface area contributed by atoms with Gasteiger partial charge in [0.1, 0.15) is 6.61 Å². The van der Waals surface area contributed by atoms with E-state index in [0.717, 1.165) is 25.7 Å². The van der Waals surface area contributed by atoms with Crippen molar-refractivity contribution in [2.75, 3.05) is 19.8 Å². The summed E-state index contributed by atoms with van der Waals surface area (Å²) in [5.74, 6) is -2.31. The second kappa shape index (κ2) is 16.1. The summed E-state index contributed by atoms with van der Waals surface area (Å²) < 4.78 is 18.1. The zero-order valence-corrected chi connectivity index (χ0v) is 26.8. The van der Waals surface area contributed by atoms with Crippen LogP contribution in [-0.2, 0) is 23.5 Å². The lowest BCUT2D eigenvalue weighted by molar-refractivity contribution is -0.152. The largest absolute Gasteiger partial charge is 0.481 e. The number of ether oxygens (including phenoxy) is 2. The number of carboxylic acids is 1. The Bertz CT molecular complexity index is 681. The third-order valence-corrected chi connectivity index (χ3v) is 18.3. The van der Waals surface area contributed by atoms with Gasteiger partial charge in [-0.15, -0.1) is 6.58 Å². The van der Waals surface area contributed by atoms with E-state index >= 15 is 0 Å². The van der Waals surface area contributed by atoms with Gasteiger partial charge in [-0.25, -0.2) is 0 Å². The highest BCUT2D eigenvalue weighted by Gasteiger charge is 2.51. The highest BCUT2D eigenvalue weighted by Crippen LogP contribution is 2.49. The summed E-state index contributed by atoms with van der Waals surface area (Å²) in [6.45, 7) is 26.0. The number of hydrogen-bond acceptors (Lipinski definition) is 5. The number of allylic oxidation sites excluding steroid dienone is 1. The van der Waals surface area contributed by atoms with E-state index in [1.165, 1.54) is 25.0 Å². The Balaban J connectivity index is 4.74. The average Bonchev–Trinajstić information content (AvgIpc) is 2.80. The Morgan fingerprint density at radius 2 is 1.64 bits per heavy atom. The van der Waals surface area contributed by atoms with Crippen LogP contribution in [0.1, 0.15) is 86.0 Å². The van der Waals surface area contributed by atoms with Crippen molar-refractivity contribution in [2.45, 2.75) is 128 Å². The van der Waals surface area contributed by atoms with Crippen LogP contribution < -0.4 is 0 Å². The number of aliphatic carboxylic acids is 1. The van der Waals surface area contributed by atoms with Gasteiger partial charge >= 0.3 is 11.9 Å². The van der Waals surface area contributed by atoms with Crippen LogP contribution in [0.15, 0.2) is 12.7 Å². The maximum Gasteiger partial charge on any atom is 0.307 e. The van der Waals surface area contributed by atoms with Crippen LogP contribution in [0.2, 0.25) is 37.3 Å². The first-order valence-corrected chi connectivity index (χ1v) is 20.0. The molecule has 3 unspecified atom stereocenters. The molecule has 0 amide bonds. The van der Waals surface area contributed by atoms with E-state index in [1.54, 1.807) is 0 Å². The number of carbonyl (C=O) groups is 2. The normalized spacial score (nSPS) is 16.6. The third kappa shape index (κ3) is 10.8. The Morgan fingerprint density at radius 1 is 1.00 bits per heavy atom. The molecule has 6 nitrogen and oxygen atoms in total. The van der Waals surface area contributed by atoms with Crippen LogP contribution in [0.4, 0.5) is 0 Å². The molecule has 212 valence electrons. The molecule has 1 N–H and O–H groups in total. The van der Waals surface area contributed by atoms with Crippen molar-refractivity contribution < 1.29 is 28.6 Å². The van der Waals surface area contributed by atoms with E-state index in [2.05, 4.69) is 67.4 Å². The van der Waals surface area contributed by atoms with Crippen molar-refractivity contribution in [3.63, 3.8) is 0 Å². The predicted molar refractivity (Wildman–Crippen MR) is 155 cm³/mol. The molecule has 0 saturated carbocycles. The minimum atomic E-state index is -2.03. The van der Waals surface area contributed by atoms with E-state index in [-0.39, 0.29) is 29.7 Å². The molecule has 0 aliphatic rings. The standard InChI is InChI=1S/C28H56O6Si2/c1-11-15-22-35(7,8)28(6,14-4)34-36(9,10)27(5,13-3)18-16-19-32-20-21-33-25(29)23-24(17-12-2)26(30)31/h12,24H,2,11,13-23H2,1,3-10H3,(H,30,31). The molecule has 36 heavy (non-hydrogen) atoms. The minimum Gasteiger partial charge on any atom is -0.481 e. The topological polar surface area (TPSA) is 82.1 Å². The molecule has 0 bridgehead atoms. The van der Waals surface area contributed by atoms with Crippen LogP contribution in [0, 0.1) is 5.92 Å². The van der Waals surface area contributed by atoms with Gasteiger partial charge in [-0.2, -0.15) is 0 Å². The van der Waals surface area contributed by atoms with Crippen LogP contribution in [0.3, 0.4) is 0 Å². The molecule has 0 radical (unpaired) electrons. The van der Waals surface area contributed by atoms with Gasteiger partial charge in [0.15, 0.2) is 8.32 Å². The predicted octanol–water partition coefficient (Wildman–Crippen LogP) is 7.60. The van der Waals surface area contributed by atoms with Gasteiger partial charge in [0, 0.05) is 11.8 Å². The summed E-state index contributed by atoms with van der Waals surface area (Å²) in [6.07, 6.45) is 8.24. The van der Waals surface area contributed by atoms with Crippen molar-refractivity contribution in [2.24, 2.45) is 5.92 Å². The summed E-state index contributed by atoms with van der Waals surface area (Å²) in [7, 11) is -3.58. The number of unbranched alkanes of at least 4 members (excludes halogenated alkanes) is 1. The molecule has 0 saturated heterocycles. The van der Waals surface area contributed by atoms with Gasteiger partial charge in [-0.3, -0.25) is 9.59 Å². The molecule has 0 aliphatic carbocycles. The van der Waals surface area contributed by atoms with Crippen molar-refractivity contribution >= 4 is 28.3 Å². The van der Waals surface area contributed by atoms with Gasteiger partial charge in [0.05, 0.1) is 27.0 Å². The summed E-state index contributed by atoms with van der Waals surface area (Å²) >= 11 is 0. The number of carboxylic acid groups (broad SMARTS) is 1. The molecule has 0 heterocycles. The maximum absolute atomic E-state index is 11.9. The number of hydrogen-bond donors (Lipinski definition) is 1. The Labute approximate surface area is 223 Å². The molecule has 0 aromatic heterocycles. The first-order chi connectivity index (χ1) is 16.6. The zero-order chi connectivity index (χ0) is 28.0. The van der Waals surface area contributed by atoms with Crippen LogP contribution >= 0.6 is 0 Å². The van der Waals surface area contributed by atoms with E-state index in [1.807, 2.05) is 0 Å². The first-order valence-electron chi connectivity index (χ1n) is 13.9. The first kappa shape index (κ1) is 35.0. The van der Waals surface area contributed by atoms with Crippen LogP contribution in [0.5, 0.6) is 0 Å². The summed E-state index contributed by atoms with van der Waals surface area (Å²) in [5, 5.41) is 9.26. The Hall–Kier alpha value is -0.966. The summed E-state index contributed by atoms with van der Waals surface area (Å²) in [6, 6.07) is 1.31. The maximum atomic E-state index is 11.9. The van der Waals surface area contributed by atoms with E-state index in [0.29, 0.717) is 13.2 Å². The molecule has 0 rings (SSSR count). The number of esters is 1. The molecule has 8 heteroatoms. The van der Waals surface area contributed by atoms with Gasteiger partial charge < -0.3 is 19.0 Å². The molecular weight excluding hydrogens is 488 g/mol. The van der Waals surface area contributed by atoms with Crippen molar-refractivity contribution in [1.82, 2.24) is 0 Å². The molecule has 0 aliphatic heterocycles. The fraction of sp³-hybridized carbons (Fsp3) is 0.857. The second-order valence-corrected chi connectivity index (χ2v) is 21.6.